The molecule has 0 saturated carbocycles. The van der Waals surface area contributed by atoms with Gasteiger partial charge in [0.2, 0.25) is 11.3 Å². The van der Waals surface area contributed by atoms with E-state index in [-0.39, 0.29) is 23.5 Å². The number of hydrogen-bond acceptors (Lipinski definition) is 6. The minimum atomic E-state index is -0.555. The quantitative estimate of drug-likeness (QED) is 0.282. The molecule has 0 amide bonds. The lowest BCUT2D eigenvalue weighted by Gasteiger charge is -2.11. The summed E-state index contributed by atoms with van der Waals surface area (Å²) >= 11 is 0. The molecule has 0 bridgehead atoms. The molecule has 1 heterocycles. The Morgan fingerprint density at radius 3 is 2.50 bits per heavy atom. The van der Waals surface area contributed by atoms with Gasteiger partial charge in [0.15, 0.2) is 5.69 Å². The van der Waals surface area contributed by atoms with Gasteiger partial charge in [-0.2, -0.15) is 4.73 Å². The molecule has 0 N–H and O–H groups in total. The molecule has 0 saturated heterocycles. The molecule has 28 heavy (non-hydrogen) atoms. The lowest BCUT2D eigenvalue weighted by molar-refractivity contribution is -0.580. The third-order valence-electron chi connectivity index (χ3n) is 4.17. The summed E-state index contributed by atoms with van der Waals surface area (Å²) in [7, 11) is 0. The third-order valence-corrected chi connectivity index (χ3v) is 4.17. The van der Waals surface area contributed by atoms with Crippen LogP contribution in [0.5, 0.6) is 5.75 Å². The molecule has 0 atom stereocenters. The zero-order valence-corrected chi connectivity index (χ0v) is 15.9. The number of hydrogen-bond donors (Lipinski definition) is 0. The molecule has 2 aromatic carbocycles. The second kappa shape index (κ2) is 8.04. The zero-order chi connectivity index (χ0) is 20.3. The molecule has 0 aliphatic rings. The molecule has 0 unspecified atom stereocenters. The van der Waals surface area contributed by atoms with Gasteiger partial charge in [-0.05, 0) is 38.1 Å². The van der Waals surface area contributed by atoms with Crippen molar-refractivity contribution in [2.24, 2.45) is 0 Å². The van der Waals surface area contributed by atoms with Gasteiger partial charge in [-0.3, -0.25) is 4.79 Å². The van der Waals surface area contributed by atoms with Crippen molar-refractivity contribution in [2.45, 2.75) is 27.4 Å². The van der Waals surface area contributed by atoms with E-state index >= 15 is 0 Å². The number of benzene rings is 2. The first kappa shape index (κ1) is 19.3. The Kier molecular flexibility index (Phi) is 5.54. The smallest absolute Gasteiger partial charge is 0.338 e. The summed E-state index contributed by atoms with van der Waals surface area (Å²) in [6.07, 6.45) is 0. The van der Waals surface area contributed by atoms with E-state index in [2.05, 4.69) is 4.98 Å². The number of nitrogens with zero attached hydrogens (tertiary/aromatic N) is 2. The summed E-state index contributed by atoms with van der Waals surface area (Å²) in [6.45, 7) is 5.18. The number of aromatic nitrogens is 2. The van der Waals surface area contributed by atoms with Crippen LogP contribution in [0.1, 0.15) is 46.0 Å². The van der Waals surface area contributed by atoms with Gasteiger partial charge in [-0.15, -0.1) is 0 Å². The van der Waals surface area contributed by atoms with E-state index < -0.39 is 11.8 Å². The number of aryl methyl sites for hydroxylation is 1. The fourth-order valence-corrected chi connectivity index (χ4v) is 2.81. The van der Waals surface area contributed by atoms with Crippen molar-refractivity contribution in [3.8, 4) is 5.75 Å². The molecule has 144 valence electrons. The van der Waals surface area contributed by atoms with Crippen molar-refractivity contribution in [1.82, 2.24) is 4.98 Å². The molecule has 0 aliphatic carbocycles. The maximum Gasteiger partial charge on any atom is 0.338 e. The molecule has 3 rings (SSSR count). The molecule has 0 radical (unpaired) electrons. The molecular weight excluding hydrogens is 360 g/mol. The van der Waals surface area contributed by atoms with Gasteiger partial charge >= 0.3 is 5.97 Å². The monoisotopic (exact) mass is 380 g/mol. The van der Waals surface area contributed by atoms with Crippen LogP contribution in [0.2, 0.25) is 0 Å². The van der Waals surface area contributed by atoms with Crippen LogP contribution in [0.4, 0.5) is 0 Å². The van der Waals surface area contributed by atoms with E-state index in [4.69, 9.17) is 9.47 Å². The average molecular weight is 380 g/mol. The number of esters is 1. The molecule has 7 heteroatoms. The van der Waals surface area contributed by atoms with Gasteiger partial charge in [0.25, 0.3) is 5.69 Å². The summed E-state index contributed by atoms with van der Waals surface area (Å²) in [4.78, 5) is 28.7. The van der Waals surface area contributed by atoms with E-state index in [1.54, 1.807) is 36.4 Å². The Labute approximate surface area is 162 Å². The fourth-order valence-electron chi connectivity index (χ4n) is 2.81. The first-order chi connectivity index (χ1) is 13.4. The van der Waals surface area contributed by atoms with E-state index in [1.807, 2.05) is 13.8 Å². The molecule has 0 aliphatic heterocycles. The predicted molar refractivity (Wildman–Crippen MR) is 102 cm³/mol. The number of carbonyl (C=O) groups is 2. The van der Waals surface area contributed by atoms with Gasteiger partial charge < -0.3 is 14.7 Å². The molecule has 3 aromatic rings. The number of fused-ring (bicyclic) bond motifs is 1. The summed E-state index contributed by atoms with van der Waals surface area (Å²) in [5.74, 6) is -0.511. The van der Waals surface area contributed by atoms with Gasteiger partial charge in [0.1, 0.15) is 17.9 Å². The number of ketones is 1. The van der Waals surface area contributed by atoms with Crippen molar-refractivity contribution >= 4 is 22.8 Å². The van der Waals surface area contributed by atoms with E-state index in [1.165, 1.54) is 13.0 Å². The van der Waals surface area contributed by atoms with Crippen LogP contribution in [0.25, 0.3) is 11.0 Å². The molecular formula is C21H20N2O5. The van der Waals surface area contributed by atoms with Crippen molar-refractivity contribution < 1.29 is 23.8 Å². The number of rotatable bonds is 6. The Morgan fingerprint density at radius 2 is 1.86 bits per heavy atom. The Balaban J connectivity index is 1.94. The minimum absolute atomic E-state index is 0.111. The lowest BCUT2D eigenvalue weighted by atomic mass is 10.1. The maximum absolute atomic E-state index is 12.8. The number of Topliss-reactive ketones (excluding diaryl/α,β-unsaturated/α-hetero) is 1. The Morgan fingerprint density at radius 1 is 1.14 bits per heavy atom. The van der Waals surface area contributed by atoms with Crippen LogP contribution >= 0.6 is 0 Å². The highest BCUT2D eigenvalue weighted by atomic mass is 16.5. The largest absolute Gasteiger partial charge is 0.618 e. The third kappa shape index (κ3) is 3.93. The summed E-state index contributed by atoms with van der Waals surface area (Å²) in [6, 6.07) is 11.8. The number of ether oxygens (including phenoxy) is 2. The van der Waals surface area contributed by atoms with Crippen LogP contribution in [0, 0.1) is 12.1 Å². The summed E-state index contributed by atoms with van der Waals surface area (Å²) < 4.78 is 11.2. The van der Waals surface area contributed by atoms with Crippen molar-refractivity contribution in [3.05, 3.63) is 70.2 Å². The second-order valence-electron chi connectivity index (χ2n) is 6.28. The van der Waals surface area contributed by atoms with Gasteiger partial charge in [-0.25, -0.2) is 9.78 Å². The fraction of sp³-hybridized carbons (Fsp3) is 0.238. The van der Waals surface area contributed by atoms with Crippen LogP contribution in [-0.2, 0) is 11.3 Å². The van der Waals surface area contributed by atoms with Gasteiger partial charge in [0, 0.05) is 6.92 Å². The minimum Gasteiger partial charge on any atom is -0.618 e. The van der Waals surface area contributed by atoms with E-state index in [0.717, 1.165) is 5.56 Å². The Bertz CT molecular complexity index is 1040. The second-order valence-corrected chi connectivity index (χ2v) is 6.28. The lowest BCUT2D eigenvalue weighted by Crippen LogP contribution is -2.37. The van der Waals surface area contributed by atoms with Crippen LogP contribution < -0.4 is 9.47 Å². The highest BCUT2D eigenvalue weighted by Crippen LogP contribution is 2.19. The first-order valence-corrected chi connectivity index (χ1v) is 8.84. The molecule has 7 nitrogen and oxygen atoms in total. The van der Waals surface area contributed by atoms with Crippen LogP contribution in [-0.4, -0.2) is 23.3 Å². The standard InChI is InChI=1S/C21H20N2O5/c1-4-27-16-9-10-17-19(11-16)23(26)20(14(3)24)18(22-17)12-28-21(25)15-7-5-13(2)6-8-15/h5-11H,4,12H2,1-3H3. The van der Waals surface area contributed by atoms with E-state index in [0.29, 0.717) is 28.2 Å². The molecule has 0 spiro atoms. The SMILES string of the molecule is CCOc1ccc2nc(COC(=O)c3ccc(C)cc3)c(C(C)=O)[n+]([O-])c2c1. The topological polar surface area (TPSA) is 92.4 Å². The molecule has 0 fully saturated rings. The first-order valence-electron chi connectivity index (χ1n) is 8.84. The van der Waals surface area contributed by atoms with Crippen molar-refractivity contribution in [1.29, 1.82) is 0 Å². The van der Waals surface area contributed by atoms with Gasteiger partial charge in [0.05, 0.1) is 18.2 Å². The molecule has 1 aromatic heterocycles. The van der Waals surface area contributed by atoms with Crippen LogP contribution in [0.3, 0.4) is 0 Å². The highest BCUT2D eigenvalue weighted by Gasteiger charge is 2.24. The maximum atomic E-state index is 12.8. The van der Waals surface area contributed by atoms with Crippen molar-refractivity contribution in [3.63, 3.8) is 0 Å². The summed E-state index contributed by atoms with van der Waals surface area (Å²) in [5, 5.41) is 12.8. The number of carbonyl (C=O) groups excluding carboxylic acids is 2. The predicted octanol–water partition coefficient (Wildman–Crippen LogP) is 3.13. The average Bonchev–Trinajstić information content (AvgIpc) is 2.67. The van der Waals surface area contributed by atoms with Crippen LogP contribution in [0.15, 0.2) is 42.5 Å². The normalized spacial score (nSPS) is 10.7. The highest BCUT2D eigenvalue weighted by molar-refractivity contribution is 5.93. The van der Waals surface area contributed by atoms with Gasteiger partial charge in [-0.1, -0.05) is 17.7 Å². The Hall–Kier alpha value is -3.48. The zero-order valence-electron chi connectivity index (χ0n) is 15.9. The summed E-state index contributed by atoms with van der Waals surface area (Å²) in [5.41, 5.74) is 1.95. The van der Waals surface area contributed by atoms with E-state index in [9.17, 15) is 14.8 Å². The van der Waals surface area contributed by atoms with Crippen molar-refractivity contribution in [2.75, 3.05) is 6.61 Å².